The Morgan fingerprint density at radius 1 is 1.23 bits per heavy atom. The van der Waals surface area contributed by atoms with Gasteiger partial charge in [-0.05, 0) is 18.2 Å². The van der Waals surface area contributed by atoms with E-state index in [9.17, 15) is 8.42 Å². The molecule has 0 spiro atoms. The number of hydrogen-bond donors (Lipinski definition) is 2. The Morgan fingerprint density at radius 2 is 2.00 bits per heavy atom. The third-order valence-electron chi connectivity index (χ3n) is 4.98. The van der Waals surface area contributed by atoms with Crippen molar-refractivity contribution >= 4 is 32.6 Å². The lowest BCUT2D eigenvalue weighted by atomic mass is 10.1. The van der Waals surface area contributed by atoms with Gasteiger partial charge < -0.3 is 15.4 Å². The predicted molar refractivity (Wildman–Crippen MR) is 117 cm³/mol. The van der Waals surface area contributed by atoms with Crippen molar-refractivity contribution in [2.24, 2.45) is 0 Å². The zero-order valence-electron chi connectivity index (χ0n) is 16.9. The van der Waals surface area contributed by atoms with E-state index in [1.807, 2.05) is 18.2 Å². The lowest BCUT2D eigenvalue weighted by Gasteiger charge is -2.24. The fourth-order valence-electron chi connectivity index (χ4n) is 3.24. The lowest BCUT2D eigenvalue weighted by Crippen LogP contribution is -2.42. The number of benzene rings is 1. The van der Waals surface area contributed by atoms with Crippen LogP contribution in [0.1, 0.15) is 0 Å². The van der Waals surface area contributed by atoms with Crippen LogP contribution in [-0.4, -0.2) is 69.0 Å². The van der Waals surface area contributed by atoms with E-state index in [-0.39, 0.29) is 6.10 Å². The fraction of sp³-hybridized carbons (Fsp3) is 0.350. The third kappa shape index (κ3) is 4.50. The van der Waals surface area contributed by atoms with Crippen molar-refractivity contribution in [3.05, 3.63) is 42.7 Å². The van der Waals surface area contributed by atoms with Gasteiger partial charge in [-0.2, -0.15) is 0 Å². The molecule has 158 valence electrons. The molecular formula is C20H24N6O3S. The van der Waals surface area contributed by atoms with Crippen molar-refractivity contribution in [2.75, 3.05) is 49.2 Å². The number of hydrogen-bond acceptors (Lipinski definition) is 8. The summed E-state index contributed by atoms with van der Waals surface area (Å²) >= 11 is 0. The van der Waals surface area contributed by atoms with Crippen LogP contribution in [0.4, 0.5) is 11.5 Å². The lowest BCUT2D eigenvalue weighted by molar-refractivity contribution is 0.0372. The maximum Gasteiger partial charge on any atom is 0.231 e. The van der Waals surface area contributed by atoms with Gasteiger partial charge >= 0.3 is 0 Å². The van der Waals surface area contributed by atoms with E-state index < -0.39 is 10.0 Å². The fourth-order valence-corrected chi connectivity index (χ4v) is 3.74. The molecule has 0 bridgehead atoms. The second-order valence-electron chi connectivity index (χ2n) is 7.14. The average Bonchev–Trinajstić information content (AvgIpc) is 2.77. The number of sulfonamides is 1. The number of anilines is 2. The first kappa shape index (κ1) is 20.5. The van der Waals surface area contributed by atoms with Gasteiger partial charge in [-0.15, -0.1) is 0 Å². The normalized spacial score (nSPS) is 17.1. The molecular weight excluding hydrogens is 404 g/mol. The van der Waals surface area contributed by atoms with Crippen LogP contribution in [0.3, 0.4) is 0 Å². The molecule has 0 radical (unpaired) electrons. The monoisotopic (exact) mass is 428 g/mol. The summed E-state index contributed by atoms with van der Waals surface area (Å²) in [4.78, 5) is 13.6. The Balaban J connectivity index is 1.64. The predicted octanol–water partition coefficient (Wildman–Crippen LogP) is 1.49. The first-order valence-corrected chi connectivity index (χ1v) is 11.5. The number of pyridine rings is 1. The molecule has 0 amide bonds. The Labute approximate surface area is 175 Å². The molecule has 1 aromatic carbocycles. The van der Waals surface area contributed by atoms with Crippen LogP contribution in [0.5, 0.6) is 0 Å². The molecule has 10 heteroatoms. The number of rotatable bonds is 6. The van der Waals surface area contributed by atoms with Gasteiger partial charge in [-0.1, -0.05) is 12.1 Å². The van der Waals surface area contributed by atoms with E-state index in [4.69, 9.17) is 9.72 Å². The second-order valence-corrected chi connectivity index (χ2v) is 9.15. The van der Waals surface area contributed by atoms with Crippen LogP contribution in [0.2, 0.25) is 0 Å². The molecule has 1 fully saturated rings. The molecule has 1 aliphatic rings. The zero-order chi connectivity index (χ0) is 21.1. The summed E-state index contributed by atoms with van der Waals surface area (Å²) in [5, 5.41) is 6.66. The highest BCUT2D eigenvalue weighted by Gasteiger charge is 2.16. The van der Waals surface area contributed by atoms with Gasteiger partial charge in [0.15, 0.2) is 5.82 Å². The van der Waals surface area contributed by atoms with Crippen LogP contribution >= 0.6 is 0 Å². The number of nitrogens with one attached hydrogen (secondary N) is 2. The Kier molecular flexibility index (Phi) is 5.80. The van der Waals surface area contributed by atoms with Gasteiger partial charge in [-0.25, -0.2) is 18.4 Å². The summed E-state index contributed by atoms with van der Waals surface area (Å²) in [6, 6.07) is 9.08. The summed E-state index contributed by atoms with van der Waals surface area (Å²) in [5.74, 6) is 0.641. The van der Waals surface area contributed by atoms with Gasteiger partial charge in [0.05, 0.1) is 35.9 Å². The van der Waals surface area contributed by atoms with Crippen LogP contribution < -0.4 is 14.9 Å². The van der Waals surface area contributed by atoms with E-state index in [1.54, 1.807) is 24.5 Å². The standard InChI is InChI=1S/C20H24N6O3S/c1-26(30(2,27)28)15-5-3-14(4-6-15)17-11-18-19(23-8-7-22-18)20(25-17)24-13-16-12-21-9-10-29-16/h3-8,11,16,21H,9-10,12-13H2,1-2H3,(H,24,25). The quantitative estimate of drug-likeness (QED) is 0.608. The van der Waals surface area contributed by atoms with E-state index >= 15 is 0 Å². The molecule has 3 aromatic rings. The van der Waals surface area contributed by atoms with Crippen molar-refractivity contribution in [2.45, 2.75) is 6.10 Å². The highest BCUT2D eigenvalue weighted by molar-refractivity contribution is 7.92. The SMILES string of the molecule is CN(c1ccc(-c2cc3nccnc3c(NCC3CNCCO3)n2)cc1)S(C)(=O)=O. The van der Waals surface area contributed by atoms with E-state index in [1.165, 1.54) is 17.6 Å². The maximum absolute atomic E-state index is 11.8. The van der Waals surface area contributed by atoms with Gasteiger partial charge in [-0.3, -0.25) is 9.29 Å². The summed E-state index contributed by atoms with van der Waals surface area (Å²) < 4.78 is 30.5. The van der Waals surface area contributed by atoms with Crippen LogP contribution in [0.15, 0.2) is 42.7 Å². The summed E-state index contributed by atoms with van der Waals surface area (Å²) in [6.45, 7) is 2.94. The van der Waals surface area contributed by atoms with Crippen molar-refractivity contribution in [1.29, 1.82) is 0 Å². The minimum absolute atomic E-state index is 0.0572. The molecule has 0 saturated carbocycles. The van der Waals surface area contributed by atoms with Crippen LogP contribution in [0, 0.1) is 0 Å². The topological polar surface area (TPSA) is 109 Å². The zero-order valence-corrected chi connectivity index (χ0v) is 17.7. The van der Waals surface area contributed by atoms with Gasteiger partial charge in [0.25, 0.3) is 0 Å². The Hall–Kier alpha value is -2.82. The van der Waals surface area contributed by atoms with Crippen molar-refractivity contribution in [3.63, 3.8) is 0 Å². The Bertz CT molecular complexity index is 1130. The van der Waals surface area contributed by atoms with Gasteiger partial charge in [0.1, 0.15) is 5.52 Å². The van der Waals surface area contributed by atoms with Gasteiger partial charge in [0.2, 0.25) is 10.0 Å². The Morgan fingerprint density at radius 3 is 2.70 bits per heavy atom. The third-order valence-corrected chi connectivity index (χ3v) is 6.19. The molecule has 1 unspecified atom stereocenters. The van der Waals surface area contributed by atoms with E-state index in [2.05, 4.69) is 20.6 Å². The molecule has 1 aliphatic heterocycles. The summed E-state index contributed by atoms with van der Waals surface area (Å²) in [7, 11) is -1.79. The molecule has 3 heterocycles. The minimum atomic E-state index is -3.31. The first-order valence-electron chi connectivity index (χ1n) is 9.64. The highest BCUT2D eigenvalue weighted by atomic mass is 32.2. The molecule has 2 aromatic heterocycles. The summed E-state index contributed by atoms with van der Waals surface area (Å²) in [6.07, 6.45) is 4.52. The average molecular weight is 429 g/mol. The number of ether oxygens (including phenoxy) is 1. The molecule has 1 atom stereocenters. The molecule has 30 heavy (non-hydrogen) atoms. The minimum Gasteiger partial charge on any atom is -0.374 e. The molecule has 0 aliphatic carbocycles. The maximum atomic E-state index is 11.8. The number of aromatic nitrogens is 3. The number of nitrogens with zero attached hydrogens (tertiary/aromatic N) is 4. The van der Waals surface area contributed by atoms with Crippen LogP contribution in [0.25, 0.3) is 22.3 Å². The second kappa shape index (κ2) is 8.50. The summed E-state index contributed by atoms with van der Waals surface area (Å²) in [5.41, 5.74) is 3.58. The van der Waals surface area contributed by atoms with Crippen molar-refractivity contribution in [3.8, 4) is 11.3 Å². The smallest absolute Gasteiger partial charge is 0.231 e. The van der Waals surface area contributed by atoms with E-state index in [0.29, 0.717) is 30.2 Å². The van der Waals surface area contributed by atoms with Crippen molar-refractivity contribution in [1.82, 2.24) is 20.3 Å². The van der Waals surface area contributed by atoms with E-state index in [0.717, 1.165) is 29.9 Å². The van der Waals surface area contributed by atoms with Crippen LogP contribution in [-0.2, 0) is 14.8 Å². The molecule has 4 rings (SSSR count). The highest BCUT2D eigenvalue weighted by Crippen LogP contribution is 2.27. The molecule has 9 nitrogen and oxygen atoms in total. The number of morpholine rings is 1. The van der Waals surface area contributed by atoms with Gasteiger partial charge in [0, 0.05) is 44.6 Å². The molecule has 2 N–H and O–H groups in total. The van der Waals surface area contributed by atoms with Crippen molar-refractivity contribution < 1.29 is 13.2 Å². The molecule has 1 saturated heterocycles. The number of fused-ring (bicyclic) bond motifs is 1. The first-order chi connectivity index (χ1) is 14.4. The largest absolute Gasteiger partial charge is 0.374 e.